The van der Waals surface area contributed by atoms with Crippen molar-refractivity contribution >= 4 is 28.3 Å². The standard InChI is InChI=1S/C10H17N3O2S/c1-6(2)5-13(3)9-7(10(14)15-4)8(11)12-16-9/h6H,5H2,1-4H3,(H2,11,12). The number of hydrogen-bond donors (Lipinski definition) is 1. The van der Waals surface area contributed by atoms with Crippen molar-refractivity contribution in [2.45, 2.75) is 13.8 Å². The predicted molar refractivity (Wildman–Crippen MR) is 66.0 cm³/mol. The van der Waals surface area contributed by atoms with Crippen molar-refractivity contribution in [2.75, 3.05) is 31.3 Å². The number of rotatable bonds is 4. The highest BCUT2D eigenvalue weighted by Gasteiger charge is 2.22. The fourth-order valence-electron chi connectivity index (χ4n) is 1.48. The van der Waals surface area contributed by atoms with Gasteiger partial charge in [-0.25, -0.2) is 4.79 Å². The van der Waals surface area contributed by atoms with Crippen molar-refractivity contribution in [1.29, 1.82) is 0 Å². The van der Waals surface area contributed by atoms with E-state index in [1.54, 1.807) is 0 Å². The number of ether oxygens (including phenoxy) is 1. The number of carbonyl (C=O) groups is 1. The molecule has 0 aliphatic carbocycles. The van der Waals surface area contributed by atoms with Gasteiger partial charge in [0.25, 0.3) is 0 Å². The number of anilines is 2. The molecule has 0 saturated carbocycles. The Bertz CT molecular complexity index is 376. The first-order valence-corrected chi connectivity index (χ1v) is 5.79. The maximum atomic E-state index is 11.5. The Morgan fingerprint density at radius 1 is 1.62 bits per heavy atom. The normalized spacial score (nSPS) is 10.6. The summed E-state index contributed by atoms with van der Waals surface area (Å²) in [5, 5.41) is 0.762. The van der Waals surface area contributed by atoms with Crippen LogP contribution >= 0.6 is 11.5 Å². The summed E-state index contributed by atoms with van der Waals surface area (Å²) >= 11 is 1.22. The molecule has 0 fully saturated rings. The zero-order valence-electron chi connectivity index (χ0n) is 9.98. The summed E-state index contributed by atoms with van der Waals surface area (Å²) in [7, 11) is 3.26. The highest BCUT2D eigenvalue weighted by atomic mass is 32.1. The molecule has 0 amide bonds. The summed E-state index contributed by atoms with van der Waals surface area (Å²) in [5.74, 6) is 0.304. The first kappa shape index (κ1) is 12.8. The van der Waals surface area contributed by atoms with Crippen LogP contribution in [0.1, 0.15) is 24.2 Å². The second-order valence-corrected chi connectivity index (χ2v) is 4.77. The number of carbonyl (C=O) groups excluding carboxylic acids is 1. The number of nitrogen functional groups attached to an aromatic ring is 1. The molecular formula is C10H17N3O2S. The monoisotopic (exact) mass is 243 g/mol. The molecule has 0 aliphatic heterocycles. The van der Waals surface area contributed by atoms with Gasteiger partial charge in [-0.05, 0) is 17.5 Å². The second kappa shape index (κ2) is 5.16. The zero-order valence-corrected chi connectivity index (χ0v) is 10.8. The molecule has 0 aromatic carbocycles. The van der Waals surface area contributed by atoms with Crippen LogP contribution in [0.3, 0.4) is 0 Å². The van der Waals surface area contributed by atoms with Crippen LogP contribution in [0.5, 0.6) is 0 Å². The minimum Gasteiger partial charge on any atom is -0.465 e. The third kappa shape index (κ3) is 2.63. The lowest BCUT2D eigenvalue weighted by atomic mass is 10.2. The number of methoxy groups -OCH3 is 1. The molecule has 16 heavy (non-hydrogen) atoms. The molecule has 0 saturated heterocycles. The molecule has 90 valence electrons. The first-order valence-electron chi connectivity index (χ1n) is 5.02. The molecule has 0 atom stereocenters. The Morgan fingerprint density at radius 3 is 2.75 bits per heavy atom. The van der Waals surface area contributed by atoms with Gasteiger partial charge in [-0.1, -0.05) is 13.8 Å². The van der Waals surface area contributed by atoms with Gasteiger partial charge in [0.1, 0.15) is 10.6 Å². The molecule has 2 N–H and O–H groups in total. The SMILES string of the molecule is COC(=O)c1c(N)nsc1N(C)CC(C)C. The number of aromatic nitrogens is 1. The highest BCUT2D eigenvalue weighted by molar-refractivity contribution is 7.11. The minimum atomic E-state index is -0.433. The largest absolute Gasteiger partial charge is 0.465 e. The van der Waals surface area contributed by atoms with Crippen LogP contribution in [-0.4, -0.2) is 31.0 Å². The van der Waals surface area contributed by atoms with E-state index in [1.807, 2.05) is 11.9 Å². The van der Waals surface area contributed by atoms with Gasteiger partial charge in [0.05, 0.1) is 7.11 Å². The first-order chi connectivity index (χ1) is 7.47. The summed E-state index contributed by atoms with van der Waals surface area (Å²) < 4.78 is 8.68. The number of esters is 1. The van der Waals surface area contributed by atoms with E-state index in [1.165, 1.54) is 18.6 Å². The molecule has 1 aromatic rings. The van der Waals surface area contributed by atoms with Crippen LogP contribution < -0.4 is 10.6 Å². The molecule has 6 heteroatoms. The molecule has 0 aliphatic rings. The van der Waals surface area contributed by atoms with E-state index < -0.39 is 5.97 Å². The Hall–Kier alpha value is -1.30. The summed E-state index contributed by atoms with van der Waals surface area (Å²) in [4.78, 5) is 13.5. The Kier molecular flexibility index (Phi) is 4.12. The van der Waals surface area contributed by atoms with Gasteiger partial charge in [0.15, 0.2) is 5.82 Å². The van der Waals surface area contributed by atoms with E-state index in [2.05, 4.69) is 18.2 Å². The van der Waals surface area contributed by atoms with Gasteiger partial charge in [-0.2, -0.15) is 4.37 Å². The van der Waals surface area contributed by atoms with Crippen molar-refractivity contribution in [2.24, 2.45) is 5.92 Å². The number of hydrogen-bond acceptors (Lipinski definition) is 6. The van der Waals surface area contributed by atoms with E-state index in [9.17, 15) is 4.79 Å². The van der Waals surface area contributed by atoms with E-state index in [0.717, 1.165) is 11.5 Å². The van der Waals surface area contributed by atoms with Gasteiger partial charge in [-0.15, -0.1) is 0 Å². The van der Waals surface area contributed by atoms with Crippen LogP contribution in [0.15, 0.2) is 0 Å². The molecule has 0 bridgehead atoms. The quantitative estimate of drug-likeness (QED) is 0.814. The number of nitrogens with two attached hydrogens (primary N) is 1. The van der Waals surface area contributed by atoms with Crippen molar-refractivity contribution in [1.82, 2.24) is 4.37 Å². The number of nitrogens with zero attached hydrogens (tertiary/aromatic N) is 2. The molecule has 1 aromatic heterocycles. The predicted octanol–water partition coefficient (Wildman–Crippen LogP) is 1.60. The van der Waals surface area contributed by atoms with Gasteiger partial charge in [0, 0.05) is 13.6 Å². The van der Waals surface area contributed by atoms with Gasteiger partial charge >= 0.3 is 5.97 Å². The Morgan fingerprint density at radius 2 is 2.25 bits per heavy atom. The lowest BCUT2D eigenvalue weighted by molar-refractivity contribution is 0.0603. The van der Waals surface area contributed by atoms with Crippen LogP contribution in [-0.2, 0) is 4.74 Å². The Labute approximate surface area is 99.4 Å². The van der Waals surface area contributed by atoms with E-state index in [0.29, 0.717) is 11.5 Å². The maximum absolute atomic E-state index is 11.5. The van der Waals surface area contributed by atoms with Crippen molar-refractivity contribution in [3.05, 3.63) is 5.56 Å². The average molecular weight is 243 g/mol. The lowest BCUT2D eigenvalue weighted by Gasteiger charge is -2.19. The van der Waals surface area contributed by atoms with Crippen LogP contribution in [0.2, 0.25) is 0 Å². The fraction of sp³-hybridized carbons (Fsp3) is 0.600. The second-order valence-electron chi connectivity index (χ2n) is 4.01. The van der Waals surface area contributed by atoms with Gasteiger partial charge in [-0.3, -0.25) is 0 Å². The van der Waals surface area contributed by atoms with Gasteiger partial charge < -0.3 is 15.4 Å². The highest BCUT2D eigenvalue weighted by Crippen LogP contribution is 2.30. The average Bonchev–Trinajstić information content (AvgIpc) is 2.58. The van der Waals surface area contributed by atoms with E-state index in [-0.39, 0.29) is 5.82 Å². The van der Waals surface area contributed by atoms with Gasteiger partial charge in [0.2, 0.25) is 0 Å². The van der Waals surface area contributed by atoms with E-state index >= 15 is 0 Å². The topological polar surface area (TPSA) is 68.5 Å². The molecule has 0 unspecified atom stereocenters. The van der Waals surface area contributed by atoms with E-state index in [4.69, 9.17) is 10.5 Å². The minimum absolute atomic E-state index is 0.238. The van der Waals surface area contributed by atoms with Crippen LogP contribution in [0.4, 0.5) is 10.8 Å². The fourth-order valence-corrected chi connectivity index (χ4v) is 2.25. The zero-order chi connectivity index (χ0) is 12.3. The van der Waals surface area contributed by atoms with Crippen molar-refractivity contribution in [3.8, 4) is 0 Å². The lowest BCUT2D eigenvalue weighted by Crippen LogP contribution is -2.23. The molecule has 1 heterocycles. The summed E-state index contributed by atoms with van der Waals surface area (Å²) in [6.45, 7) is 5.06. The van der Waals surface area contributed by atoms with Crippen molar-refractivity contribution < 1.29 is 9.53 Å². The third-order valence-corrected chi connectivity index (χ3v) is 3.05. The molecule has 5 nitrogen and oxygen atoms in total. The summed E-state index contributed by atoms with van der Waals surface area (Å²) in [6, 6.07) is 0. The molecule has 1 rings (SSSR count). The molecule has 0 radical (unpaired) electrons. The third-order valence-electron chi connectivity index (χ3n) is 2.08. The smallest absolute Gasteiger partial charge is 0.344 e. The van der Waals surface area contributed by atoms with Crippen LogP contribution in [0.25, 0.3) is 0 Å². The summed E-state index contributed by atoms with van der Waals surface area (Å²) in [5.41, 5.74) is 6.03. The van der Waals surface area contributed by atoms with Crippen LogP contribution in [0, 0.1) is 5.92 Å². The van der Waals surface area contributed by atoms with Crippen molar-refractivity contribution in [3.63, 3.8) is 0 Å². The summed E-state index contributed by atoms with van der Waals surface area (Å²) in [6.07, 6.45) is 0. The molecular weight excluding hydrogens is 226 g/mol. The Balaban J connectivity index is 3.00. The maximum Gasteiger partial charge on any atom is 0.344 e. The molecule has 0 spiro atoms.